The molecule has 20 heavy (non-hydrogen) atoms. The van der Waals surface area contributed by atoms with Crippen LogP contribution in [0.1, 0.15) is 36.9 Å². The van der Waals surface area contributed by atoms with Gasteiger partial charge in [0.05, 0.1) is 5.56 Å². The molecule has 0 amide bonds. The van der Waals surface area contributed by atoms with E-state index in [1.54, 1.807) is 6.07 Å². The topological polar surface area (TPSA) is 29.3 Å². The van der Waals surface area contributed by atoms with Crippen molar-refractivity contribution in [2.45, 2.75) is 32.0 Å². The quantitative estimate of drug-likeness (QED) is 0.918. The van der Waals surface area contributed by atoms with Gasteiger partial charge in [0.15, 0.2) is 0 Å². The van der Waals surface area contributed by atoms with E-state index in [1.165, 1.54) is 12.1 Å². The first-order chi connectivity index (χ1) is 9.41. The highest BCUT2D eigenvalue weighted by Crippen LogP contribution is 2.34. The lowest BCUT2D eigenvalue weighted by molar-refractivity contribution is -0.138. The summed E-state index contributed by atoms with van der Waals surface area (Å²) in [5.41, 5.74) is 5.60. The van der Waals surface area contributed by atoms with Gasteiger partial charge in [0.2, 0.25) is 0 Å². The molecule has 2 atom stereocenters. The molecule has 5 heteroatoms. The fourth-order valence-corrected chi connectivity index (χ4v) is 2.87. The third-order valence-corrected chi connectivity index (χ3v) is 4.07. The van der Waals surface area contributed by atoms with Crippen LogP contribution in [-0.4, -0.2) is 24.5 Å². The summed E-state index contributed by atoms with van der Waals surface area (Å²) in [5.74, 6) is 0.653. The molecule has 2 N–H and O–H groups in total. The van der Waals surface area contributed by atoms with Crippen LogP contribution in [0.3, 0.4) is 0 Å². The molecule has 1 saturated heterocycles. The monoisotopic (exact) mass is 286 g/mol. The standard InChI is InChI=1S/C15H21F3N2/c1-2-11-7-8-20(9-11)10-14(19)12-5-3-4-6-13(12)15(16,17)18/h3-6,11,14H,2,7-10,19H2,1H3. The Kier molecular flexibility index (Phi) is 4.70. The van der Waals surface area contributed by atoms with E-state index in [1.807, 2.05) is 0 Å². The van der Waals surface area contributed by atoms with Crippen molar-refractivity contribution in [2.24, 2.45) is 11.7 Å². The maximum absolute atomic E-state index is 13.0. The number of nitrogens with two attached hydrogens (primary N) is 1. The summed E-state index contributed by atoms with van der Waals surface area (Å²) >= 11 is 0. The van der Waals surface area contributed by atoms with E-state index in [4.69, 9.17) is 5.73 Å². The van der Waals surface area contributed by atoms with E-state index in [0.717, 1.165) is 32.0 Å². The largest absolute Gasteiger partial charge is 0.416 e. The highest BCUT2D eigenvalue weighted by Gasteiger charge is 2.34. The molecule has 0 aliphatic carbocycles. The minimum absolute atomic E-state index is 0.194. The molecule has 0 bridgehead atoms. The normalized spacial score (nSPS) is 22.1. The van der Waals surface area contributed by atoms with Crippen molar-refractivity contribution in [3.8, 4) is 0 Å². The number of hydrogen-bond donors (Lipinski definition) is 1. The smallest absolute Gasteiger partial charge is 0.323 e. The number of alkyl halides is 3. The average Bonchev–Trinajstić information content (AvgIpc) is 2.85. The number of nitrogens with zero attached hydrogens (tertiary/aromatic N) is 1. The van der Waals surface area contributed by atoms with E-state index >= 15 is 0 Å². The Morgan fingerprint density at radius 1 is 1.35 bits per heavy atom. The Labute approximate surface area is 117 Å². The van der Waals surface area contributed by atoms with Gasteiger partial charge in [-0.2, -0.15) is 13.2 Å². The van der Waals surface area contributed by atoms with Crippen LogP contribution in [0.15, 0.2) is 24.3 Å². The van der Waals surface area contributed by atoms with Gasteiger partial charge in [-0.1, -0.05) is 31.5 Å². The van der Waals surface area contributed by atoms with Crippen molar-refractivity contribution in [3.05, 3.63) is 35.4 Å². The predicted molar refractivity (Wildman–Crippen MR) is 73.2 cm³/mol. The van der Waals surface area contributed by atoms with Gasteiger partial charge in [-0.05, 0) is 30.5 Å². The van der Waals surface area contributed by atoms with Gasteiger partial charge in [-0.15, -0.1) is 0 Å². The van der Waals surface area contributed by atoms with Crippen LogP contribution in [0.2, 0.25) is 0 Å². The third kappa shape index (κ3) is 3.52. The van der Waals surface area contributed by atoms with Gasteiger partial charge in [-0.25, -0.2) is 0 Å². The number of halogens is 3. The van der Waals surface area contributed by atoms with Crippen LogP contribution < -0.4 is 5.73 Å². The second-order valence-electron chi connectivity index (χ2n) is 5.51. The number of likely N-dealkylation sites (tertiary alicyclic amines) is 1. The van der Waals surface area contributed by atoms with Crippen LogP contribution >= 0.6 is 0 Å². The first-order valence-corrected chi connectivity index (χ1v) is 7.06. The maximum Gasteiger partial charge on any atom is 0.416 e. The van der Waals surface area contributed by atoms with Crippen molar-refractivity contribution in [2.75, 3.05) is 19.6 Å². The molecule has 0 saturated carbocycles. The molecule has 1 aliphatic rings. The van der Waals surface area contributed by atoms with Crippen LogP contribution in [0.5, 0.6) is 0 Å². The SMILES string of the molecule is CCC1CCN(CC(N)c2ccccc2C(F)(F)F)C1. The molecular weight excluding hydrogens is 265 g/mol. The third-order valence-electron chi connectivity index (χ3n) is 4.07. The van der Waals surface area contributed by atoms with Crippen molar-refractivity contribution in [1.82, 2.24) is 4.90 Å². The van der Waals surface area contributed by atoms with Crippen LogP contribution in [-0.2, 0) is 6.18 Å². The molecule has 2 unspecified atom stereocenters. The van der Waals surface area contributed by atoms with Gasteiger partial charge in [0.25, 0.3) is 0 Å². The molecule has 2 nitrogen and oxygen atoms in total. The summed E-state index contributed by atoms with van der Waals surface area (Å²) in [4.78, 5) is 2.17. The van der Waals surface area contributed by atoms with Gasteiger partial charge >= 0.3 is 6.18 Å². The van der Waals surface area contributed by atoms with Crippen molar-refractivity contribution < 1.29 is 13.2 Å². The fraction of sp³-hybridized carbons (Fsp3) is 0.600. The molecule has 2 rings (SSSR count). The molecule has 0 aromatic heterocycles. The molecule has 112 valence electrons. The molecule has 1 fully saturated rings. The minimum Gasteiger partial charge on any atom is -0.323 e. The van der Waals surface area contributed by atoms with Crippen molar-refractivity contribution in [1.29, 1.82) is 0 Å². The van der Waals surface area contributed by atoms with Gasteiger partial charge < -0.3 is 10.6 Å². The number of rotatable bonds is 4. The molecular formula is C15H21F3N2. The van der Waals surface area contributed by atoms with E-state index in [0.29, 0.717) is 12.5 Å². The first kappa shape index (κ1) is 15.3. The van der Waals surface area contributed by atoms with Crippen LogP contribution in [0.4, 0.5) is 13.2 Å². The Hall–Kier alpha value is -1.07. The van der Waals surface area contributed by atoms with Crippen LogP contribution in [0.25, 0.3) is 0 Å². The summed E-state index contributed by atoms with van der Waals surface area (Å²) in [6, 6.07) is 5.02. The fourth-order valence-electron chi connectivity index (χ4n) is 2.87. The number of benzene rings is 1. The highest BCUT2D eigenvalue weighted by atomic mass is 19.4. The summed E-state index contributed by atoms with van der Waals surface area (Å²) < 4.78 is 38.9. The summed E-state index contributed by atoms with van der Waals surface area (Å²) in [6.45, 7) is 4.51. The zero-order chi connectivity index (χ0) is 14.8. The Morgan fingerprint density at radius 2 is 2.05 bits per heavy atom. The molecule has 0 radical (unpaired) electrons. The highest BCUT2D eigenvalue weighted by molar-refractivity contribution is 5.32. The van der Waals surface area contributed by atoms with Gasteiger partial charge in [0.1, 0.15) is 0 Å². The van der Waals surface area contributed by atoms with E-state index in [-0.39, 0.29) is 5.56 Å². The second-order valence-corrected chi connectivity index (χ2v) is 5.51. The van der Waals surface area contributed by atoms with Crippen molar-refractivity contribution in [3.63, 3.8) is 0 Å². The van der Waals surface area contributed by atoms with Gasteiger partial charge in [-0.3, -0.25) is 0 Å². The van der Waals surface area contributed by atoms with Crippen molar-refractivity contribution >= 4 is 0 Å². The maximum atomic E-state index is 13.0. The predicted octanol–water partition coefficient (Wildman–Crippen LogP) is 3.44. The molecule has 1 aromatic carbocycles. The summed E-state index contributed by atoms with van der Waals surface area (Å²) in [6.07, 6.45) is -2.11. The lowest BCUT2D eigenvalue weighted by atomic mass is 10.00. The Balaban J connectivity index is 2.08. The Bertz CT molecular complexity index is 445. The summed E-state index contributed by atoms with van der Waals surface area (Å²) in [5, 5.41) is 0. The van der Waals surface area contributed by atoms with E-state index in [2.05, 4.69) is 11.8 Å². The first-order valence-electron chi connectivity index (χ1n) is 7.06. The zero-order valence-electron chi connectivity index (χ0n) is 11.7. The summed E-state index contributed by atoms with van der Waals surface area (Å²) in [7, 11) is 0. The van der Waals surface area contributed by atoms with Gasteiger partial charge in [0, 0.05) is 19.1 Å². The van der Waals surface area contributed by atoms with E-state index < -0.39 is 17.8 Å². The Morgan fingerprint density at radius 3 is 2.65 bits per heavy atom. The van der Waals surface area contributed by atoms with Crippen LogP contribution in [0, 0.1) is 5.92 Å². The number of hydrogen-bond acceptors (Lipinski definition) is 2. The molecule has 1 aromatic rings. The molecule has 1 aliphatic heterocycles. The minimum atomic E-state index is -4.34. The molecule has 0 spiro atoms. The van der Waals surface area contributed by atoms with E-state index in [9.17, 15) is 13.2 Å². The zero-order valence-corrected chi connectivity index (χ0v) is 11.7. The second kappa shape index (κ2) is 6.14. The average molecular weight is 286 g/mol. The lowest BCUT2D eigenvalue weighted by Crippen LogP contribution is -2.31. The molecule has 1 heterocycles. The lowest BCUT2D eigenvalue weighted by Gasteiger charge is -2.23.